The van der Waals surface area contributed by atoms with Gasteiger partial charge in [0, 0.05) is 6.20 Å². The largest absolute Gasteiger partial charge is 0.298 e. The average molecular weight is 216 g/mol. The molecule has 0 amide bonds. The van der Waals surface area contributed by atoms with Crippen LogP contribution in [0.2, 0.25) is 0 Å². The van der Waals surface area contributed by atoms with E-state index in [-0.39, 0.29) is 17.4 Å². The number of halogens is 2. The van der Waals surface area contributed by atoms with Crippen LogP contribution < -0.4 is 0 Å². The molecule has 1 rings (SSSR count). The van der Waals surface area contributed by atoms with Gasteiger partial charge in [-0.1, -0.05) is 0 Å². The van der Waals surface area contributed by atoms with Crippen molar-refractivity contribution in [2.24, 2.45) is 0 Å². The first-order valence-electron chi connectivity index (χ1n) is 3.86. The maximum absolute atomic E-state index is 12.3. The Kier molecular flexibility index (Phi) is 3.03. The second-order valence-electron chi connectivity index (χ2n) is 2.75. The van der Waals surface area contributed by atoms with Gasteiger partial charge < -0.3 is 0 Å². The lowest BCUT2D eigenvalue weighted by molar-refractivity contribution is -0.385. The van der Waals surface area contributed by atoms with Gasteiger partial charge in [-0.2, -0.15) is 0 Å². The zero-order chi connectivity index (χ0) is 11.6. The molecule has 0 saturated heterocycles. The average Bonchev–Trinajstić information content (AvgIpc) is 2.15. The Morgan fingerprint density at radius 3 is 2.60 bits per heavy atom. The number of aldehydes is 1. The van der Waals surface area contributed by atoms with Gasteiger partial charge in [0.25, 0.3) is 12.1 Å². The summed E-state index contributed by atoms with van der Waals surface area (Å²) in [6.07, 6.45) is -1.91. The number of aromatic nitrogens is 1. The summed E-state index contributed by atoms with van der Waals surface area (Å²) in [6, 6.07) is 0. The number of carbonyl (C=O) groups excluding carboxylic acids is 1. The third-order valence-electron chi connectivity index (χ3n) is 1.87. The first-order chi connectivity index (χ1) is 6.99. The molecule has 0 aliphatic carbocycles. The highest BCUT2D eigenvalue weighted by molar-refractivity contribution is 5.82. The van der Waals surface area contributed by atoms with Crippen LogP contribution in [0.25, 0.3) is 0 Å². The van der Waals surface area contributed by atoms with Crippen molar-refractivity contribution in [2.45, 2.75) is 13.3 Å². The van der Waals surface area contributed by atoms with Crippen molar-refractivity contribution in [3.05, 3.63) is 33.1 Å². The SMILES string of the molecule is Cc1c(C(F)F)ncc(C=O)c1[N+](=O)[O-]. The molecule has 5 nitrogen and oxygen atoms in total. The van der Waals surface area contributed by atoms with E-state index in [1.807, 2.05) is 0 Å². The van der Waals surface area contributed by atoms with Crippen molar-refractivity contribution >= 4 is 12.0 Å². The van der Waals surface area contributed by atoms with Crippen molar-refractivity contribution in [1.82, 2.24) is 4.98 Å². The van der Waals surface area contributed by atoms with Crippen molar-refractivity contribution in [1.29, 1.82) is 0 Å². The lowest BCUT2D eigenvalue weighted by Gasteiger charge is -2.05. The molecule has 0 unspecified atom stereocenters. The molecule has 1 aromatic heterocycles. The smallest absolute Gasteiger partial charge is 0.286 e. The van der Waals surface area contributed by atoms with Crippen LogP contribution in [0.4, 0.5) is 14.5 Å². The van der Waals surface area contributed by atoms with Crippen molar-refractivity contribution in [3.8, 4) is 0 Å². The van der Waals surface area contributed by atoms with Crippen LogP contribution in [-0.2, 0) is 0 Å². The number of hydrogen-bond acceptors (Lipinski definition) is 4. The van der Waals surface area contributed by atoms with Gasteiger partial charge in [-0.25, -0.2) is 8.78 Å². The monoisotopic (exact) mass is 216 g/mol. The number of carbonyl (C=O) groups is 1. The molecule has 15 heavy (non-hydrogen) atoms. The molecule has 0 aliphatic rings. The van der Waals surface area contributed by atoms with Gasteiger partial charge in [0.1, 0.15) is 11.3 Å². The standard InChI is InChI=1S/C8H6F2N2O3/c1-4-6(8(9)10)11-2-5(3-13)7(4)12(14)15/h2-3,8H,1H3. The fourth-order valence-electron chi connectivity index (χ4n) is 1.18. The second kappa shape index (κ2) is 4.07. The van der Waals surface area contributed by atoms with E-state index in [1.165, 1.54) is 0 Å². The third-order valence-corrected chi connectivity index (χ3v) is 1.87. The van der Waals surface area contributed by atoms with Crippen LogP contribution in [0.1, 0.15) is 28.0 Å². The van der Waals surface area contributed by atoms with Crippen molar-refractivity contribution in [3.63, 3.8) is 0 Å². The van der Waals surface area contributed by atoms with E-state index >= 15 is 0 Å². The van der Waals surface area contributed by atoms with Crippen LogP contribution in [-0.4, -0.2) is 16.2 Å². The number of hydrogen-bond donors (Lipinski definition) is 0. The molecule has 0 saturated carbocycles. The molecule has 0 fully saturated rings. The Morgan fingerprint density at radius 2 is 2.20 bits per heavy atom. The van der Waals surface area contributed by atoms with E-state index in [0.717, 1.165) is 13.1 Å². The van der Waals surface area contributed by atoms with Gasteiger partial charge in [-0.15, -0.1) is 0 Å². The molecule has 0 N–H and O–H groups in total. The quantitative estimate of drug-likeness (QED) is 0.440. The van der Waals surface area contributed by atoms with Crippen LogP contribution in [0, 0.1) is 17.0 Å². The lowest BCUT2D eigenvalue weighted by atomic mass is 10.1. The fraction of sp³-hybridized carbons (Fsp3) is 0.250. The molecule has 0 aromatic carbocycles. The summed E-state index contributed by atoms with van der Waals surface area (Å²) in [4.78, 5) is 23.4. The van der Waals surface area contributed by atoms with E-state index in [2.05, 4.69) is 4.98 Å². The zero-order valence-electron chi connectivity index (χ0n) is 7.61. The first-order valence-corrected chi connectivity index (χ1v) is 3.86. The van der Waals surface area contributed by atoms with Crippen molar-refractivity contribution in [2.75, 3.05) is 0 Å². The topological polar surface area (TPSA) is 73.1 Å². The minimum Gasteiger partial charge on any atom is -0.298 e. The van der Waals surface area contributed by atoms with Crippen LogP contribution in [0.5, 0.6) is 0 Å². The van der Waals surface area contributed by atoms with Gasteiger partial charge in [-0.3, -0.25) is 19.9 Å². The molecule has 0 spiro atoms. The Balaban J connectivity index is 3.49. The van der Waals surface area contributed by atoms with Crippen LogP contribution in [0.15, 0.2) is 6.20 Å². The highest BCUT2D eigenvalue weighted by Gasteiger charge is 2.24. The van der Waals surface area contributed by atoms with Gasteiger partial charge in [0.2, 0.25) is 0 Å². The number of pyridine rings is 1. The van der Waals surface area contributed by atoms with E-state index in [4.69, 9.17) is 0 Å². The molecule has 80 valence electrons. The van der Waals surface area contributed by atoms with Gasteiger partial charge in [-0.05, 0) is 6.92 Å². The van der Waals surface area contributed by atoms with Gasteiger partial charge in [0.05, 0.1) is 10.5 Å². The number of nitro groups is 1. The van der Waals surface area contributed by atoms with E-state index < -0.39 is 22.7 Å². The van der Waals surface area contributed by atoms with Gasteiger partial charge >= 0.3 is 0 Å². The summed E-state index contributed by atoms with van der Waals surface area (Å²) in [7, 11) is 0. The molecule has 0 aliphatic heterocycles. The molecular formula is C8H6F2N2O3. The molecule has 1 aromatic rings. The Hall–Kier alpha value is -1.92. The summed E-state index contributed by atoms with van der Waals surface area (Å²) >= 11 is 0. The number of rotatable bonds is 3. The summed E-state index contributed by atoms with van der Waals surface area (Å²) in [5.74, 6) is 0. The zero-order valence-corrected chi connectivity index (χ0v) is 7.61. The first kappa shape index (κ1) is 11.2. The predicted molar refractivity (Wildman–Crippen MR) is 46.0 cm³/mol. The van der Waals surface area contributed by atoms with Gasteiger partial charge in [0.15, 0.2) is 6.29 Å². The lowest BCUT2D eigenvalue weighted by Crippen LogP contribution is -2.04. The van der Waals surface area contributed by atoms with Crippen LogP contribution in [0.3, 0.4) is 0 Å². The minimum absolute atomic E-state index is 0.216. The number of nitrogens with zero attached hydrogens (tertiary/aromatic N) is 2. The second-order valence-corrected chi connectivity index (χ2v) is 2.75. The summed E-state index contributed by atoms with van der Waals surface area (Å²) in [6.45, 7) is 1.14. The molecule has 0 radical (unpaired) electrons. The Bertz CT molecular complexity index is 421. The number of alkyl halides is 2. The highest BCUT2D eigenvalue weighted by Crippen LogP contribution is 2.29. The Labute approximate surface area is 82.9 Å². The maximum atomic E-state index is 12.3. The molecule has 7 heteroatoms. The van der Waals surface area contributed by atoms with E-state index in [1.54, 1.807) is 0 Å². The van der Waals surface area contributed by atoms with E-state index in [9.17, 15) is 23.7 Å². The highest BCUT2D eigenvalue weighted by atomic mass is 19.3. The predicted octanol–water partition coefficient (Wildman–Crippen LogP) is 2.05. The summed E-state index contributed by atoms with van der Waals surface area (Å²) in [5.41, 5.74) is -1.87. The Morgan fingerprint density at radius 1 is 1.60 bits per heavy atom. The van der Waals surface area contributed by atoms with Crippen molar-refractivity contribution < 1.29 is 18.5 Å². The van der Waals surface area contributed by atoms with E-state index in [0.29, 0.717) is 0 Å². The summed E-state index contributed by atoms with van der Waals surface area (Å²) in [5, 5.41) is 10.6. The van der Waals surface area contributed by atoms with Crippen LogP contribution >= 0.6 is 0 Å². The molecule has 1 heterocycles. The fourth-order valence-corrected chi connectivity index (χ4v) is 1.18. The third kappa shape index (κ3) is 1.95. The molecule has 0 bridgehead atoms. The normalized spacial score (nSPS) is 10.4. The maximum Gasteiger partial charge on any atom is 0.286 e. The molecule has 0 atom stereocenters. The minimum atomic E-state index is -2.90. The summed E-state index contributed by atoms with van der Waals surface area (Å²) < 4.78 is 24.7. The molecular weight excluding hydrogens is 210 g/mol.